The maximum Gasteiger partial charge on any atom is 0.389 e. The van der Waals surface area contributed by atoms with Crippen LogP contribution in [-0.4, -0.2) is 32.3 Å². The van der Waals surface area contributed by atoms with Gasteiger partial charge in [0, 0.05) is 18.3 Å². The van der Waals surface area contributed by atoms with Gasteiger partial charge >= 0.3 is 6.18 Å². The van der Waals surface area contributed by atoms with Crippen molar-refractivity contribution in [3.63, 3.8) is 0 Å². The molecule has 0 heterocycles. The van der Waals surface area contributed by atoms with Crippen LogP contribution in [0.4, 0.5) is 13.2 Å². The molecular weight excluding hydrogens is 279 g/mol. The predicted octanol–water partition coefficient (Wildman–Crippen LogP) is 2.66. The first-order chi connectivity index (χ1) is 7.70. The lowest BCUT2D eigenvalue weighted by Crippen LogP contribution is -2.36. The Morgan fingerprint density at radius 3 is 2.35 bits per heavy atom. The summed E-state index contributed by atoms with van der Waals surface area (Å²) >= 11 is 5.48. The van der Waals surface area contributed by atoms with Crippen LogP contribution in [0.3, 0.4) is 0 Å². The van der Waals surface area contributed by atoms with E-state index in [1.54, 1.807) is 6.92 Å². The zero-order chi connectivity index (χ0) is 13.5. The van der Waals surface area contributed by atoms with Gasteiger partial charge in [-0.1, -0.05) is 6.92 Å². The summed E-state index contributed by atoms with van der Waals surface area (Å²) in [7, 11) is -3.65. The van der Waals surface area contributed by atoms with Gasteiger partial charge in [0.05, 0.1) is 5.75 Å². The van der Waals surface area contributed by atoms with Gasteiger partial charge < -0.3 is 0 Å². The Bertz CT molecular complexity index is 306. The van der Waals surface area contributed by atoms with Gasteiger partial charge in [-0.3, -0.25) is 0 Å². The van der Waals surface area contributed by atoms with E-state index in [9.17, 15) is 21.6 Å². The van der Waals surface area contributed by atoms with Crippen LogP contribution in [0.5, 0.6) is 0 Å². The second-order valence-corrected chi connectivity index (χ2v) is 5.99. The van der Waals surface area contributed by atoms with Crippen LogP contribution < -0.4 is 4.72 Å². The Morgan fingerprint density at radius 2 is 1.94 bits per heavy atom. The molecule has 0 rings (SSSR count). The third kappa shape index (κ3) is 9.67. The highest BCUT2D eigenvalue weighted by Gasteiger charge is 2.27. The van der Waals surface area contributed by atoms with E-state index in [4.69, 9.17) is 11.6 Å². The summed E-state index contributed by atoms with van der Waals surface area (Å²) in [5.41, 5.74) is 0. The summed E-state index contributed by atoms with van der Waals surface area (Å²) in [5.74, 6) is -0.200. The zero-order valence-electron chi connectivity index (χ0n) is 9.56. The molecule has 0 amide bonds. The molecule has 8 heteroatoms. The van der Waals surface area contributed by atoms with Gasteiger partial charge in [0.25, 0.3) is 0 Å². The molecule has 0 saturated carbocycles. The van der Waals surface area contributed by atoms with Crippen molar-refractivity contribution in [1.29, 1.82) is 0 Å². The Balaban J connectivity index is 4.11. The van der Waals surface area contributed by atoms with Gasteiger partial charge in [0.1, 0.15) is 0 Å². The highest BCUT2D eigenvalue weighted by molar-refractivity contribution is 7.89. The second-order valence-electron chi connectivity index (χ2n) is 3.74. The zero-order valence-corrected chi connectivity index (χ0v) is 11.1. The number of nitrogens with one attached hydrogen (secondary N) is 1. The van der Waals surface area contributed by atoms with Crippen molar-refractivity contribution in [3.05, 3.63) is 0 Å². The fourth-order valence-corrected chi connectivity index (χ4v) is 2.95. The van der Waals surface area contributed by atoms with Gasteiger partial charge in [-0.15, -0.1) is 11.6 Å². The molecule has 0 bridgehead atoms. The number of sulfonamides is 1. The van der Waals surface area contributed by atoms with E-state index in [2.05, 4.69) is 4.72 Å². The highest BCUT2D eigenvalue weighted by atomic mass is 35.5. The highest BCUT2D eigenvalue weighted by Crippen LogP contribution is 2.21. The fourth-order valence-electron chi connectivity index (χ4n) is 1.25. The van der Waals surface area contributed by atoms with Crippen molar-refractivity contribution >= 4 is 21.6 Å². The fraction of sp³-hybridized carbons (Fsp3) is 1.00. The van der Waals surface area contributed by atoms with Crippen molar-refractivity contribution in [2.24, 2.45) is 0 Å². The van der Waals surface area contributed by atoms with Crippen LogP contribution >= 0.6 is 11.6 Å². The molecule has 0 aliphatic heterocycles. The molecule has 17 heavy (non-hydrogen) atoms. The molecule has 0 aromatic rings. The Hall–Kier alpha value is -0.0100. The van der Waals surface area contributed by atoms with E-state index < -0.39 is 34.8 Å². The summed E-state index contributed by atoms with van der Waals surface area (Å²) in [6, 6.07) is -0.302. The summed E-state index contributed by atoms with van der Waals surface area (Å²) in [4.78, 5) is 0. The normalized spacial score (nSPS) is 14.9. The smallest absolute Gasteiger partial charge is 0.212 e. The lowest BCUT2D eigenvalue weighted by molar-refractivity contribution is -0.134. The maximum atomic E-state index is 11.8. The number of hydrogen-bond donors (Lipinski definition) is 1. The summed E-state index contributed by atoms with van der Waals surface area (Å²) in [5, 5.41) is 0. The van der Waals surface area contributed by atoms with Crippen molar-refractivity contribution in [1.82, 2.24) is 4.72 Å². The Kier molecular flexibility index (Phi) is 7.43. The number of rotatable bonds is 8. The monoisotopic (exact) mass is 295 g/mol. The molecule has 104 valence electrons. The molecule has 1 unspecified atom stereocenters. The molecular formula is C9H17ClF3NO2S. The predicted molar refractivity (Wildman–Crippen MR) is 61.6 cm³/mol. The first-order valence-electron chi connectivity index (χ1n) is 5.33. The topological polar surface area (TPSA) is 46.2 Å². The third-order valence-corrected chi connectivity index (χ3v) is 3.91. The average molecular weight is 296 g/mol. The quantitative estimate of drug-likeness (QED) is 0.700. The van der Waals surface area contributed by atoms with Gasteiger partial charge in [-0.05, 0) is 19.3 Å². The van der Waals surface area contributed by atoms with E-state index >= 15 is 0 Å². The van der Waals surface area contributed by atoms with Crippen LogP contribution in [0.2, 0.25) is 0 Å². The van der Waals surface area contributed by atoms with E-state index in [0.717, 1.165) is 0 Å². The molecule has 0 radical (unpaired) electrons. The summed E-state index contributed by atoms with van der Waals surface area (Å²) < 4.78 is 60.8. The first-order valence-corrected chi connectivity index (χ1v) is 7.51. The number of halogens is 4. The van der Waals surface area contributed by atoms with Crippen LogP contribution in [0, 0.1) is 0 Å². The molecule has 0 aliphatic rings. The lowest BCUT2D eigenvalue weighted by atomic mass is 10.2. The van der Waals surface area contributed by atoms with Crippen molar-refractivity contribution in [2.75, 3.05) is 11.6 Å². The van der Waals surface area contributed by atoms with Gasteiger partial charge in [-0.25, -0.2) is 13.1 Å². The lowest BCUT2D eigenvalue weighted by Gasteiger charge is -2.15. The van der Waals surface area contributed by atoms with Crippen molar-refractivity contribution < 1.29 is 21.6 Å². The molecule has 0 spiro atoms. The standard InChI is InChI=1S/C9H17ClF3NO2S/c1-2-8(4-6-10)14-17(15,16)7-3-5-9(11,12)13/h8,14H,2-7H2,1H3. The largest absolute Gasteiger partial charge is 0.389 e. The molecule has 0 aromatic carbocycles. The van der Waals surface area contributed by atoms with Crippen LogP contribution in [0.15, 0.2) is 0 Å². The van der Waals surface area contributed by atoms with Crippen LogP contribution in [-0.2, 0) is 10.0 Å². The molecule has 0 saturated heterocycles. The molecule has 1 N–H and O–H groups in total. The van der Waals surface area contributed by atoms with Gasteiger partial charge in [0.2, 0.25) is 10.0 Å². The minimum atomic E-state index is -4.31. The molecule has 0 aliphatic carbocycles. The van der Waals surface area contributed by atoms with Gasteiger partial charge in [0.15, 0.2) is 0 Å². The minimum absolute atomic E-state index is 0.302. The minimum Gasteiger partial charge on any atom is -0.212 e. The molecule has 0 fully saturated rings. The number of hydrogen-bond acceptors (Lipinski definition) is 2. The average Bonchev–Trinajstić information content (AvgIpc) is 2.14. The van der Waals surface area contributed by atoms with E-state index in [0.29, 0.717) is 18.7 Å². The van der Waals surface area contributed by atoms with E-state index in [-0.39, 0.29) is 6.04 Å². The van der Waals surface area contributed by atoms with Gasteiger partial charge in [-0.2, -0.15) is 13.2 Å². The van der Waals surface area contributed by atoms with Crippen LogP contribution in [0.1, 0.15) is 32.6 Å². The van der Waals surface area contributed by atoms with Crippen molar-refractivity contribution in [2.45, 2.75) is 44.8 Å². The SMILES string of the molecule is CCC(CCCl)NS(=O)(=O)CCCC(F)(F)F. The summed E-state index contributed by atoms with van der Waals surface area (Å²) in [6.07, 6.45) is -4.78. The first kappa shape index (κ1) is 17.0. The number of alkyl halides is 4. The molecule has 3 nitrogen and oxygen atoms in total. The van der Waals surface area contributed by atoms with Crippen molar-refractivity contribution in [3.8, 4) is 0 Å². The summed E-state index contributed by atoms with van der Waals surface area (Å²) in [6.45, 7) is 1.79. The van der Waals surface area contributed by atoms with E-state index in [1.165, 1.54) is 0 Å². The van der Waals surface area contributed by atoms with Crippen LogP contribution in [0.25, 0.3) is 0 Å². The van der Waals surface area contributed by atoms with E-state index in [1.807, 2.05) is 0 Å². The third-order valence-electron chi connectivity index (χ3n) is 2.17. The maximum absolute atomic E-state index is 11.8. The second kappa shape index (κ2) is 7.43. The Labute approximate surface area is 105 Å². The molecule has 1 atom stereocenters. The molecule has 0 aromatic heterocycles. The Morgan fingerprint density at radius 1 is 1.35 bits per heavy atom.